The normalized spacial score (nSPS) is 32.1. The molecule has 1 atom stereocenters. The second-order valence-corrected chi connectivity index (χ2v) is 3.46. The highest BCUT2D eigenvalue weighted by Crippen LogP contribution is 2.17. The van der Waals surface area contributed by atoms with Gasteiger partial charge in [0.1, 0.15) is 6.10 Å². The number of hydrogen-bond donors (Lipinski definition) is 0. The summed E-state index contributed by atoms with van der Waals surface area (Å²) in [5, 5.41) is 4.11. The summed E-state index contributed by atoms with van der Waals surface area (Å²) in [6.45, 7) is 3.54. The number of hydrazine groups is 1. The number of morpholine rings is 1. The molecule has 5 heteroatoms. The van der Waals surface area contributed by atoms with E-state index in [9.17, 15) is 8.78 Å². The van der Waals surface area contributed by atoms with E-state index in [0.717, 1.165) is 19.6 Å². The molecule has 0 radical (unpaired) electrons. The monoisotopic (exact) mass is 192 g/mol. The van der Waals surface area contributed by atoms with Gasteiger partial charge in [-0.05, 0) is 6.42 Å². The third kappa shape index (κ3) is 1.98. The number of alkyl halides is 2. The number of halogens is 2. The summed E-state index contributed by atoms with van der Waals surface area (Å²) in [6, 6.07) is 0. The van der Waals surface area contributed by atoms with Crippen LogP contribution < -0.4 is 0 Å². The topological polar surface area (TPSA) is 15.7 Å². The molecule has 0 amide bonds. The van der Waals surface area contributed by atoms with Crippen molar-refractivity contribution in [1.29, 1.82) is 0 Å². The SMILES string of the molecule is FC(F)C1CN(N2CCC2)CCO1. The molecule has 0 aromatic rings. The Morgan fingerprint density at radius 2 is 1.92 bits per heavy atom. The van der Waals surface area contributed by atoms with Crippen molar-refractivity contribution in [3.05, 3.63) is 0 Å². The number of nitrogens with zero attached hydrogens (tertiary/aromatic N) is 2. The zero-order valence-electron chi connectivity index (χ0n) is 7.46. The average Bonchev–Trinajstić information content (AvgIpc) is 2.01. The molecule has 13 heavy (non-hydrogen) atoms. The molecule has 0 aromatic heterocycles. The van der Waals surface area contributed by atoms with E-state index in [-0.39, 0.29) is 0 Å². The zero-order chi connectivity index (χ0) is 9.26. The maximum Gasteiger partial charge on any atom is 0.265 e. The van der Waals surface area contributed by atoms with Crippen LogP contribution in [0, 0.1) is 0 Å². The fourth-order valence-corrected chi connectivity index (χ4v) is 1.65. The Morgan fingerprint density at radius 3 is 2.46 bits per heavy atom. The van der Waals surface area contributed by atoms with Gasteiger partial charge in [-0.2, -0.15) is 0 Å². The van der Waals surface area contributed by atoms with Crippen LogP contribution in [0.4, 0.5) is 8.78 Å². The molecule has 3 nitrogen and oxygen atoms in total. The molecule has 2 aliphatic heterocycles. The number of rotatable bonds is 2. The molecule has 0 bridgehead atoms. The molecular formula is C8H14F2N2O. The summed E-state index contributed by atoms with van der Waals surface area (Å²) in [5.41, 5.74) is 0. The zero-order valence-corrected chi connectivity index (χ0v) is 7.46. The summed E-state index contributed by atoms with van der Waals surface area (Å²) in [5.74, 6) is 0. The van der Waals surface area contributed by atoms with E-state index in [1.807, 2.05) is 5.01 Å². The smallest absolute Gasteiger partial charge is 0.265 e. The van der Waals surface area contributed by atoms with Gasteiger partial charge in [-0.1, -0.05) is 0 Å². The lowest BCUT2D eigenvalue weighted by Crippen LogP contribution is -2.57. The molecular weight excluding hydrogens is 178 g/mol. The highest BCUT2D eigenvalue weighted by Gasteiger charge is 2.32. The van der Waals surface area contributed by atoms with Crippen molar-refractivity contribution in [2.45, 2.75) is 19.0 Å². The van der Waals surface area contributed by atoms with Crippen molar-refractivity contribution < 1.29 is 13.5 Å². The molecule has 2 fully saturated rings. The standard InChI is InChI=1S/C8H14F2N2O/c9-8(10)7-6-12(4-5-13-7)11-2-1-3-11/h7-8H,1-6H2. The third-order valence-electron chi connectivity index (χ3n) is 2.59. The largest absolute Gasteiger partial charge is 0.369 e. The molecule has 1 unspecified atom stereocenters. The van der Waals surface area contributed by atoms with Gasteiger partial charge in [0.25, 0.3) is 6.43 Å². The van der Waals surface area contributed by atoms with Crippen molar-refractivity contribution in [3.63, 3.8) is 0 Å². The van der Waals surface area contributed by atoms with Crippen LogP contribution >= 0.6 is 0 Å². The van der Waals surface area contributed by atoms with Gasteiger partial charge in [-0.15, -0.1) is 0 Å². The molecule has 0 N–H and O–H groups in total. The van der Waals surface area contributed by atoms with Gasteiger partial charge in [0.15, 0.2) is 0 Å². The predicted octanol–water partition coefficient (Wildman–Crippen LogP) is 0.573. The summed E-state index contributed by atoms with van der Waals surface area (Å²) in [6.07, 6.45) is -2.07. The minimum Gasteiger partial charge on any atom is -0.369 e. The Labute approximate surface area is 76.2 Å². The first kappa shape index (κ1) is 9.30. The van der Waals surface area contributed by atoms with Gasteiger partial charge in [-0.25, -0.2) is 18.8 Å². The van der Waals surface area contributed by atoms with Crippen LogP contribution in [0.15, 0.2) is 0 Å². The van der Waals surface area contributed by atoms with Crippen LogP contribution in [0.1, 0.15) is 6.42 Å². The lowest BCUT2D eigenvalue weighted by atomic mass is 10.2. The Kier molecular flexibility index (Phi) is 2.76. The molecule has 0 saturated carbocycles. The predicted molar refractivity (Wildman–Crippen MR) is 43.5 cm³/mol. The Bertz CT molecular complexity index is 176. The maximum atomic E-state index is 12.3. The Hall–Kier alpha value is -0.260. The summed E-state index contributed by atoms with van der Waals surface area (Å²) in [7, 11) is 0. The minimum absolute atomic E-state index is 0.345. The van der Waals surface area contributed by atoms with E-state index in [2.05, 4.69) is 5.01 Å². The third-order valence-corrected chi connectivity index (χ3v) is 2.59. The number of ether oxygens (including phenoxy) is 1. The first-order valence-electron chi connectivity index (χ1n) is 4.67. The van der Waals surface area contributed by atoms with E-state index in [1.165, 1.54) is 6.42 Å². The highest BCUT2D eigenvalue weighted by molar-refractivity contribution is 4.75. The van der Waals surface area contributed by atoms with Crippen LogP contribution in [0.5, 0.6) is 0 Å². The fraction of sp³-hybridized carbons (Fsp3) is 1.00. The van der Waals surface area contributed by atoms with Gasteiger partial charge in [0, 0.05) is 26.2 Å². The highest BCUT2D eigenvalue weighted by atomic mass is 19.3. The van der Waals surface area contributed by atoms with Crippen molar-refractivity contribution in [2.24, 2.45) is 0 Å². The first-order valence-corrected chi connectivity index (χ1v) is 4.67. The minimum atomic E-state index is -2.36. The van der Waals surface area contributed by atoms with E-state index in [1.54, 1.807) is 0 Å². The molecule has 2 saturated heterocycles. The van der Waals surface area contributed by atoms with Crippen molar-refractivity contribution in [3.8, 4) is 0 Å². The average molecular weight is 192 g/mol. The van der Waals surface area contributed by atoms with Gasteiger partial charge in [0.2, 0.25) is 0 Å². The molecule has 0 aliphatic carbocycles. The van der Waals surface area contributed by atoms with Gasteiger partial charge in [-0.3, -0.25) is 0 Å². The van der Waals surface area contributed by atoms with Gasteiger partial charge < -0.3 is 4.74 Å². The first-order chi connectivity index (χ1) is 6.27. The Morgan fingerprint density at radius 1 is 1.15 bits per heavy atom. The van der Waals surface area contributed by atoms with Crippen LogP contribution in [-0.4, -0.2) is 55.3 Å². The summed E-state index contributed by atoms with van der Waals surface area (Å²) < 4.78 is 29.6. The van der Waals surface area contributed by atoms with E-state index in [4.69, 9.17) is 4.74 Å². The molecule has 2 aliphatic rings. The Balaban J connectivity index is 1.84. The fourth-order valence-electron chi connectivity index (χ4n) is 1.65. The maximum absolute atomic E-state index is 12.3. The van der Waals surface area contributed by atoms with Crippen molar-refractivity contribution in [2.75, 3.05) is 32.8 Å². The van der Waals surface area contributed by atoms with Gasteiger partial charge in [0.05, 0.1) is 6.61 Å². The van der Waals surface area contributed by atoms with Crippen LogP contribution in [0.3, 0.4) is 0 Å². The van der Waals surface area contributed by atoms with E-state index >= 15 is 0 Å². The quantitative estimate of drug-likeness (QED) is 0.636. The lowest BCUT2D eigenvalue weighted by Gasteiger charge is -2.44. The van der Waals surface area contributed by atoms with Gasteiger partial charge >= 0.3 is 0 Å². The number of hydrogen-bond acceptors (Lipinski definition) is 3. The van der Waals surface area contributed by atoms with E-state index in [0.29, 0.717) is 13.2 Å². The summed E-state index contributed by atoms with van der Waals surface area (Å²) >= 11 is 0. The molecule has 76 valence electrons. The second kappa shape index (κ2) is 3.86. The molecule has 2 heterocycles. The molecule has 0 spiro atoms. The van der Waals surface area contributed by atoms with Crippen LogP contribution in [0.25, 0.3) is 0 Å². The van der Waals surface area contributed by atoms with Crippen LogP contribution in [-0.2, 0) is 4.74 Å². The summed E-state index contributed by atoms with van der Waals surface area (Å²) in [4.78, 5) is 0. The van der Waals surface area contributed by atoms with Crippen LogP contribution in [0.2, 0.25) is 0 Å². The molecule has 2 rings (SSSR count). The van der Waals surface area contributed by atoms with E-state index < -0.39 is 12.5 Å². The second-order valence-electron chi connectivity index (χ2n) is 3.46. The lowest BCUT2D eigenvalue weighted by molar-refractivity contribution is -0.175. The van der Waals surface area contributed by atoms with Crippen molar-refractivity contribution in [1.82, 2.24) is 10.0 Å². The molecule has 0 aromatic carbocycles. The van der Waals surface area contributed by atoms with Crippen molar-refractivity contribution >= 4 is 0 Å².